The third-order valence-electron chi connectivity index (χ3n) is 1.91. The Morgan fingerprint density at radius 2 is 2.00 bits per heavy atom. The molecule has 0 aromatic carbocycles. The zero-order valence-corrected chi connectivity index (χ0v) is 10.7. The van der Waals surface area contributed by atoms with Crippen molar-refractivity contribution in [2.45, 2.75) is 6.92 Å². The Morgan fingerprint density at radius 3 is 2.50 bits per heavy atom. The second-order valence-electron chi connectivity index (χ2n) is 2.94. The van der Waals surface area contributed by atoms with Crippen molar-refractivity contribution in [3.63, 3.8) is 0 Å². The van der Waals surface area contributed by atoms with Gasteiger partial charge in [0.15, 0.2) is 5.01 Å². The summed E-state index contributed by atoms with van der Waals surface area (Å²) < 4.78 is 0. The lowest BCUT2D eigenvalue weighted by atomic mass is 10.2. The molecule has 0 amide bonds. The second-order valence-corrected chi connectivity index (χ2v) is 4.29. The average molecular weight is 275 g/mol. The van der Waals surface area contributed by atoms with E-state index in [9.17, 15) is 4.79 Å². The Morgan fingerprint density at radius 1 is 1.38 bits per heavy atom. The van der Waals surface area contributed by atoms with Crippen LogP contribution < -0.4 is 0 Å². The highest BCUT2D eigenvalue weighted by atomic mass is 35.5. The first-order chi connectivity index (χ1) is 7.18. The molecular weight excluding hydrogens is 267 g/mol. The number of thiazole rings is 1. The smallest absolute Gasteiger partial charge is 0.273 e. The summed E-state index contributed by atoms with van der Waals surface area (Å²) in [4.78, 5) is 19.9. The Bertz CT molecular complexity index is 499. The molecule has 0 unspecified atom stereocenters. The van der Waals surface area contributed by atoms with Gasteiger partial charge in [-0.2, -0.15) is 0 Å². The normalized spacial score (nSPS) is 9.62. The summed E-state index contributed by atoms with van der Waals surface area (Å²) in [7, 11) is 0. The number of hydrogen-bond acceptors (Lipinski definition) is 4. The fourth-order valence-electron chi connectivity index (χ4n) is 1.25. The molecule has 6 heteroatoms. The number of aromatic nitrogens is 2. The van der Waals surface area contributed by atoms with Gasteiger partial charge < -0.3 is 0 Å². The second kappa shape index (κ2) is 5.39. The van der Waals surface area contributed by atoms with Gasteiger partial charge in [0, 0.05) is 12.4 Å². The highest BCUT2D eigenvalue weighted by molar-refractivity contribution is 7.18. The van der Waals surface area contributed by atoms with E-state index in [1.807, 2.05) is 19.1 Å². The minimum absolute atomic E-state index is 0. The predicted octanol–water partition coefficient (Wildman–Crippen LogP) is 3.31. The van der Waals surface area contributed by atoms with E-state index in [2.05, 4.69) is 9.97 Å². The number of rotatable bonds is 2. The summed E-state index contributed by atoms with van der Waals surface area (Å²) in [6.07, 6.45) is 3.41. The zero-order valence-electron chi connectivity index (χ0n) is 8.31. The third kappa shape index (κ3) is 2.58. The Balaban J connectivity index is 0.00000128. The molecule has 0 aliphatic heterocycles. The van der Waals surface area contributed by atoms with Crippen molar-refractivity contribution in [2.75, 3.05) is 0 Å². The Labute approximate surface area is 108 Å². The van der Waals surface area contributed by atoms with E-state index in [-0.39, 0.29) is 12.4 Å². The maximum Gasteiger partial charge on any atom is 0.281 e. The van der Waals surface area contributed by atoms with Crippen molar-refractivity contribution in [3.05, 3.63) is 35.2 Å². The van der Waals surface area contributed by atoms with E-state index in [1.54, 1.807) is 12.4 Å². The van der Waals surface area contributed by atoms with Crippen molar-refractivity contribution in [1.82, 2.24) is 9.97 Å². The number of carbonyl (C=O) groups excluding carboxylic acids is 1. The fourth-order valence-corrected chi connectivity index (χ4v) is 2.31. The van der Waals surface area contributed by atoms with E-state index in [4.69, 9.17) is 11.6 Å². The molecular formula is C10H8Cl2N2OS. The predicted molar refractivity (Wildman–Crippen MR) is 67.5 cm³/mol. The lowest BCUT2D eigenvalue weighted by molar-refractivity contribution is 0.108. The van der Waals surface area contributed by atoms with Crippen LogP contribution in [0.3, 0.4) is 0 Å². The van der Waals surface area contributed by atoms with Crippen LogP contribution in [0, 0.1) is 6.92 Å². The van der Waals surface area contributed by atoms with Gasteiger partial charge in [-0.3, -0.25) is 9.78 Å². The van der Waals surface area contributed by atoms with E-state index in [1.165, 1.54) is 11.3 Å². The maximum atomic E-state index is 10.9. The van der Waals surface area contributed by atoms with Crippen LogP contribution in [0.5, 0.6) is 0 Å². The number of carbonyl (C=O) groups is 1. The summed E-state index contributed by atoms with van der Waals surface area (Å²) in [5, 5.41) is -0.176. The molecule has 0 N–H and O–H groups in total. The fraction of sp³-hybridized carbons (Fsp3) is 0.100. The van der Waals surface area contributed by atoms with Gasteiger partial charge in [0.1, 0.15) is 0 Å². The number of halogens is 2. The van der Waals surface area contributed by atoms with Gasteiger partial charge in [-0.05, 0) is 36.2 Å². The third-order valence-corrected chi connectivity index (χ3v) is 3.40. The number of pyridine rings is 1. The number of nitrogens with zero attached hydrogens (tertiary/aromatic N) is 2. The highest BCUT2D eigenvalue weighted by Crippen LogP contribution is 2.29. The molecule has 0 radical (unpaired) electrons. The van der Waals surface area contributed by atoms with E-state index in [0.717, 1.165) is 16.1 Å². The van der Waals surface area contributed by atoms with Crippen LogP contribution in [-0.4, -0.2) is 15.2 Å². The molecule has 2 aromatic heterocycles. The molecule has 0 aliphatic rings. The van der Waals surface area contributed by atoms with Gasteiger partial charge in [-0.25, -0.2) is 4.98 Å². The van der Waals surface area contributed by atoms with Crippen LogP contribution in [0.4, 0.5) is 0 Å². The van der Waals surface area contributed by atoms with Crippen molar-refractivity contribution in [2.24, 2.45) is 0 Å². The molecule has 0 atom stereocenters. The molecule has 0 aliphatic carbocycles. The van der Waals surface area contributed by atoms with Gasteiger partial charge in [-0.15, -0.1) is 23.7 Å². The first-order valence-electron chi connectivity index (χ1n) is 4.26. The van der Waals surface area contributed by atoms with Gasteiger partial charge >= 0.3 is 0 Å². The van der Waals surface area contributed by atoms with Crippen LogP contribution in [-0.2, 0) is 0 Å². The van der Waals surface area contributed by atoms with Gasteiger partial charge in [0.25, 0.3) is 5.24 Å². The molecule has 2 heterocycles. The standard InChI is InChI=1S/C10H7ClN2OS.ClH/c1-6-8(7-2-4-12-5-3-7)15-10(13-6)9(11)14;/h2-5H,1H3;1H. The van der Waals surface area contributed by atoms with Crippen LogP contribution in [0.25, 0.3) is 10.4 Å². The van der Waals surface area contributed by atoms with Crippen LogP contribution in [0.2, 0.25) is 0 Å². The molecule has 2 rings (SSSR count). The van der Waals surface area contributed by atoms with Crippen LogP contribution in [0.1, 0.15) is 15.5 Å². The molecule has 0 fully saturated rings. The number of hydrogen-bond donors (Lipinski definition) is 0. The minimum Gasteiger partial charge on any atom is -0.273 e. The molecule has 3 nitrogen and oxygen atoms in total. The lowest BCUT2D eigenvalue weighted by Crippen LogP contribution is -1.85. The largest absolute Gasteiger partial charge is 0.281 e. The Hall–Kier alpha value is -0.970. The van der Waals surface area contributed by atoms with E-state index < -0.39 is 5.24 Å². The molecule has 0 spiro atoms. The summed E-state index contributed by atoms with van der Waals surface area (Å²) in [6, 6.07) is 3.76. The zero-order chi connectivity index (χ0) is 10.8. The molecule has 0 saturated heterocycles. The number of aryl methyl sites for hydroxylation is 1. The lowest BCUT2D eigenvalue weighted by Gasteiger charge is -1.95. The first-order valence-corrected chi connectivity index (χ1v) is 5.45. The van der Waals surface area contributed by atoms with Crippen LogP contribution >= 0.6 is 35.3 Å². The van der Waals surface area contributed by atoms with Gasteiger partial charge in [-0.1, -0.05) is 0 Å². The topological polar surface area (TPSA) is 42.9 Å². The van der Waals surface area contributed by atoms with Crippen molar-refractivity contribution in [1.29, 1.82) is 0 Å². The molecule has 2 aromatic rings. The van der Waals surface area contributed by atoms with Crippen molar-refractivity contribution in [3.8, 4) is 10.4 Å². The highest BCUT2D eigenvalue weighted by Gasteiger charge is 2.13. The van der Waals surface area contributed by atoms with Gasteiger partial charge in [0.2, 0.25) is 0 Å². The van der Waals surface area contributed by atoms with E-state index >= 15 is 0 Å². The van der Waals surface area contributed by atoms with Crippen molar-refractivity contribution < 1.29 is 4.79 Å². The summed E-state index contributed by atoms with van der Waals surface area (Å²) >= 11 is 6.67. The molecule has 0 bridgehead atoms. The Kier molecular flexibility index (Phi) is 4.41. The van der Waals surface area contributed by atoms with E-state index in [0.29, 0.717) is 5.01 Å². The minimum atomic E-state index is -0.511. The maximum absolute atomic E-state index is 10.9. The average Bonchev–Trinajstić information content (AvgIpc) is 2.62. The molecule has 0 saturated carbocycles. The van der Waals surface area contributed by atoms with Crippen LogP contribution in [0.15, 0.2) is 24.5 Å². The quantitative estimate of drug-likeness (QED) is 0.790. The summed E-state index contributed by atoms with van der Waals surface area (Å²) in [6.45, 7) is 1.86. The summed E-state index contributed by atoms with van der Waals surface area (Å²) in [5.41, 5.74) is 1.82. The molecule has 16 heavy (non-hydrogen) atoms. The molecule has 84 valence electrons. The first kappa shape index (κ1) is 13.1. The summed E-state index contributed by atoms with van der Waals surface area (Å²) in [5.74, 6) is 0. The SMILES string of the molecule is Cc1nc(C(=O)Cl)sc1-c1ccncc1.Cl. The van der Waals surface area contributed by atoms with Crippen molar-refractivity contribution >= 4 is 40.6 Å². The monoisotopic (exact) mass is 274 g/mol. The van der Waals surface area contributed by atoms with Gasteiger partial charge in [0.05, 0.1) is 10.6 Å².